The first kappa shape index (κ1) is 19.3. The SMILES string of the molecule is Cc1ccc(NC(=O)CSc2nnc(COc3ccccc3)n2C)cc1Cl. The summed E-state index contributed by atoms with van der Waals surface area (Å²) in [6.07, 6.45) is 0. The van der Waals surface area contributed by atoms with Gasteiger partial charge in [0.05, 0.1) is 5.75 Å². The molecule has 0 radical (unpaired) electrons. The van der Waals surface area contributed by atoms with E-state index < -0.39 is 0 Å². The second-order valence-corrected chi connectivity index (χ2v) is 7.21. The predicted octanol–water partition coefficient (Wildman–Crippen LogP) is 4.09. The van der Waals surface area contributed by atoms with E-state index in [1.807, 2.05) is 61.0 Å². The molecule has 3 rings (SSSR count). The molecular weight excluding hydrogens is 384 g/mol. The van der Waals surface area contributed by atoms with Crippen LogP contribution in [0.2, 0.25) is 5.02 Å². The summed E-state index contributed by atoms with van der Waals surface area (Å²) in [6, 6.07) is 14.9. The Bertz CT molecular complexity index is 931. The summed E-state index contributed by atoms with van der Waals surface area (Å²) in [5, 5.41) is 12.4. The largest absolute Gasteiger partial charge is 0.486 e. The number of amides is 1. The molecule has 3 aromatic rings. The molecule has 0 saturated carbocycles. The Morgan fingerprint density at radius 2 is 2.00 bits per heavy atom. The summed E-state index contributed by atoms with van der Waals surface area (Å²) in [5.74, 6) is 1.54. The normalized spacial score (nSPS) is 10.6. The van der Waals surface area contributed by atoms with Gasteiger partial charge >= 0.3 is 0 Å². The van der Waals surface area contributed by atoms with Crippen molar-refractivity contribution < 1.29 is 9.53 Å². The molecule has 140 valence electrons. The summed E-state index contributed by atoms with van der Waals surface area (Å²) in [5.41, 5.74) is 1.64. The number of rotatable bonds is 7. The fourth-order valence-corrected chi connectivity index (χ4v) is 3.17. The molecule has 1 heterocycles. The quantitative estimate of drug-likeness (QED) is 0.603. The number of ether oxygens (including phenoxy) is 1. The van der Waals surface area contributed by atoms with Crippen molar-refractivity contribution in [3.63, 3.8) is 0 Å². The van der Waals surface area contributed by atoms with Crippen LogP contribution in [0.1, 0.15) is 11.4 Å². The second kappa shape index (κ2) is 8.92. The number of para-hydroxylation sites is 1. The number of hydrogen-bond acceptors (Lipinski definition) is 5. The number of benzene rings is 2. The number of nitrogens with zero attached hydrogens (tertiary/aromatic N) is 3. The highest BCUT2D eigenvalue weighted by Gasteiger charge is 2.12. The zero-order valence-corrected chi connectivity index (χ0v) is 16.5. The highest BCUT2D eigenvalue weighted by molar-refractivity contribution is 7.99. The number of hydrogen-bond donors (Lipinski definition) is 1. The van der Waals surface area contributed by atoms with Crippen LogP contribution >= 0.6 is 23.4 Å². The van der Waals surface area contributed by atoms with Gasteiger partial charge in [0.2, 0.25) is 5.91 Å². The molecule has 27 heavy (non-hydrogen) atoms. The molecule has 0 fully saturated rings. The fraction of sp³-hybridized carbons (Fsp3) is 0.211. The lowest BCUT2D eigenvalue weighted by molar-refractivity contribution is -0.113. The number of carbonyl (C=O) groups excluding carboxylic acids is 1. The Morgan fingerprint density at radius 1 is 1.22 bits per heavy atom. The average Bonchev–Trinajstić information content (AvgIpc) is 3.02. The molecular formula is C19H19ClN4O2S. The molecule has 0 atom stereocenters. The number of thioether (sulfide) groups is 1. The lowest BCUT2D eigenvalue weighted by Gasteiger charge is -2.07. The molecule has 0 aliphatic carbocycles. The van der Waals surface area contributed by atoms with Gasteiger partial charge in [-0.05, 0) is 36.8 Å². The number of aromatic nitrogens is 3. The molecule has 8 heteroatoms. The third-order valence-corrected chi connectivity index (χ3v) is 5.25. The number of anilines is 1. The minimum absolute atomic E-state index is 0.134. The molecule has 2 aromatic carbocycles. The van der Waals surface area contributed by atoms with Crippen molar-refractivity contribution in [3.05, 3.63) is 64.9 Å². The van der Waals surface area contributed by atoms with Crippen molar-refractivity contribution in [1.82, 2.24) is 14.8 Å². The van der Waals surface area contributed by atoms with Crippen LogP contribution in [0.4, 0.5) is 5.69 Å². The van der Waals surface area contributed by atoms with Crippen LogP contribution in [0.3, 0.4) is 0 Å². The van der Waals surface area contributed by atoms with Crippen molar-refractivity contribution in [2.45, 2.75) is 18.7 Å². The maximum Gasteiger partial charge on any atom is 0.234 e. The van der Waals surface area contributed by atoms with Gasteiger partial charge in [0.25, 0.3) is 0 Å². The van der Waals surface area contributed by atoms with Crippen LogP contribution in [0.5, 0.6) is 5.75 Å². The number of aryl methyl sites for hydroxylation is 1. The number of nitrogens with one attached hydrogen (secondary N) is 1. The zero-order chi connectivity index (χ0) is 19.2. The maximum absolute atomic E-state index is 12.2. The Labute approximate surface area is 166 Å². The minimum atomic E-state index is -0.134. The van der Waals surface area contributed by atoms with E-state index in [2.05, 4.69) is 15.5 Å². The van der Waals surface area contributed by atoms with Gasteiger partial charge in [-0.15, -0.1) is 10.2 Å². The van der Waals surface area contributed by atoms with Crippen LogP contribution in [0.15, 0.2) is 53.7 Å². The minimum Gasteiger partial charge on any atom is -0.486 e. The van der Waals surface area contributed by atoms with Crippen molar-refractivity contribution in [2.75, 3.05) is 11.1 Å². The van der Waals surface area contributed by atoms with Gasteiger partial charge < -0.3 is 14.6 Å². The highest BCUT2D eigenvalue weighted by Crippen LogP contribution is 2.21. The second-order valence-electron chi connectivity index (χ2n) is 5.86. The Kier molecular flexibility index (Phi) is 6.36. The molecule has 0 bridgehead atoms. The standard InChI is InChI=1S/C19H19ClN4O2S/c1-13-8-9-14(10-16(13)20)21-18(25)12-27-19-23-22-17(24(19)2)11-26-15-6-4-3-5-7-15/h3-10H,11-12H2,1-2H3,(H,21,25). The van der Waals surface area contributed by atoms with Gasteiger partial charge in [0, 0.05) is 17.8 Å². The van der Waals surface area contributed by atoms with Gasteiger partial charge in [-0.3, -0.25) is 4.79 Å². The lowest BCUT2D eigenvalue weighted by atomic mass is 10.2. The van der Waals surface area contributed by atoms with Crippen molar-refractivity contribution in [1.29, 1.82) is 0 Å². The molecule has 0 spiro atoms. The van der Waals surface area contributed by atoms with Crippen LogP contribution in [-0.4, -0.2) is 26.4 Å². The van der Waals surface area contributed by atoms with E-state index in [4.69, 9.17) is 16.3 Å². The Hall–Kier alpha value is -2.51. The predicted molar refractivity (Wildman–Crippen MR) is 107 cm³/mol. The molecule has 1 aromatic heterocycles. The summed E-state index contributed by atoms with van der Waals surface area (Å²) < 4.78 is 7.51. The first-order valence-electron chi connectivity index (χ1n) is 8.28. The van der Waals surface area contributed by atoms with Crippen LogP contribution in [0.25, 0.3) is 0 Å². The van der Waals surface area contributed by atoms with Gasteiger partial charge in [0.1, 0.15) is 12.4 Å². The molecule has 0 aliphatic heterocycles. The van der Waals surface area contributed by atoms with Gasteiger partial charge in [-0.25, -0.2) is 0 Å². The van der Waals surface area contributed by atoms with Crippen molar-refractivity contribution in [3.8, 4) is 5.75 Å². The monoisotopic (exact) mass is 402 g/mol. The van der Waals surface area contributed by atoms with E-state index in [1.54, 1.807) is 6.07 Å². The summed E-state index contributed by atoms with van der Waals surface area (Å²) in [6.45, 7) is 2.22. The lowest BCUT2D eigenvalue weighted by Crippen LogP contribution is -2.14. The van der Waals surface area contributed by atoms with Gasteiger partial charge in [-0.1, -0.05) is 47.6 Å². The molecule has 0 saturated heterocycles. The summed E-state index contributed by atoms with van der Waals surface area (Å²) in [7, 11) is 1.85. The molecule has 0 aliphatic rings. The smallest absolute Gasteiger partial charge is 0.234 e. The van der Waals surface area contributed by atoms with Gasteiger partial charge in [0.15, 0.2) is 11.0 Å². The van der Waals surface area contributed by atoms with Crippen LogP contribution < -0.4 is 10.1 Å². The van der Waals surface area contributed by atoms with Crippen LogP contribution in [0, 0.1) is 6.92 Å². The van der Waals surface area contributed by atoms with E-state index in [0.717, 1.165) is 11.3 Å². The fourth-order valence-electron chi connectivity index (χ4n) is 2.26. The summed E-state index contributed by atoms with van der Waals surface area (Å²) >= 11 is 7.39. The van der Waals surface area contributed by atoms with E-state index >= 15 is 0 Å². The van der Waals surface area contributed by atoms with Gasteiger partial charge in [-0.2, -0.15) is 0 Å². The van der Waals surface area contributed by atoms with Crippen LogP contribution in [-0.2, 0) is 18.4 Å². The summed E-state index contributed by atoms with van der Waals surface area (Å²) in [4.78, 5) is 12.2. The van der Waals surface area contributed by atoms with E-state index in [1.165, 1.54) is 11.8 Å². The molecule has 1 amide bonds. The molecule has 0 unspecified atom stereocenters. The third-order valence-electron chi connectivity index (χ3n) is 3.82. The van der Waals surface area contributed by atoms with Crippen molar-refractivity contribution >= 4 is 35.0 Å². The first-order chi connectivity index (χ1) is 13.0. The topological polar surface area (TPSA) is 69.0 Å². The Balaban J connectivity index is 1.52. The average molecular weight is 403 g/mol. The van der Waals surface area contributed by atoms with E-state index in [-0.39, 0.29) is 11.7 Å². The first-order valence-corrected chi connectivity index (χ1v) is 9.64. The zero-order valence-electron chi connectivity index (χ0n) is 15.0. The maximum atomic E-state index is 12.2. The Morgan fingerprint density at radius 3 is 2.74 bits per heavy atom. The van der Waals surface area contributed by atoms with E-state index in [9.17, 15) is 4.79 Å². The molecule has 1 N–H and O–H groups in total. The third kappa shape index (κ3) is 5.24. The highest BCUT2D eigenvalue weighted by atomic mass is 35.5. The van der Waals surface area contributed by atoms with E-state index in [0.29, 0.717) is 28.3 Å². The molecule has 6 nitrogen and oxygen atoms in total. The number of halogens is 1. The van der Waals surface area contributed by atoms with Crippen molar-refractivity contribution in [2.24, 2.45) is 7.05 Å². The number of carbonyl (C=O) groups is 1.